The molecule has 0 spiro atoms. The highest BCUT2D eigenvalue weighted by Crippen LogP contribution is 2.27. The molecule has 44 heavy (non-hydrogen) atoms. The minimum Gasteiger partial charge on any atom is -0.494 e. The smallest absolute Gasteiger partial charge is 0.491 e. The average molecular weight is 610 g/mol. The van der Waals surface area contributed by atoms with Crippen molar-refractivity contribution in [3.63, 3.8) is 0 Å². The van der Waals surface area contributed by atoms with Crippen LogP contribution < -0.4 is 15.4 Å². The lowest BCUT2D eigenvalue weighted by atomic mass is 9.98. The summed E-state index contributed by atoms with van der Waals surface area (Å²) in [5.74, 6) is -4.16. The molecule has 2 N–H and O–H groups in total. The molecule has 1 atom stereocenters. The Bertz CT molecular complexity index is 1580. The van der Waals surface area contributed by atoms with E-state index in [0.29, 0.717) is 42.0 Å². The Hall–Kier alpha value is -5.26. The van der Waals surface area contributed by atoms with E-state index in [0.717, 1.165) is 5.82 Å². The van der Waals surface area contributed by atoms with Crippen molar-refractivity contribution in [1.29, 1.82) is 0 Å². The number of hydrogen-bond acceptors (Lipinski definition) is 7. The number of nitrogens with one attached hydrogen (secondary N) is 2. The first-order chi connectivity index (χ1) is 21.1. The maximum atomic E-state index is 14.2. The Morgan fingerprint density at radius 2 is 1.64 bits per heavy atom. The van der Waals surface area contributed by atoms with Gasteiger partial charge in [-0.3, -0.25) is 9.59 Å². The first kappa shape index (κ1) is 31.7. The molecule has 0 aliphatic heterocycles. The van der Waals surface area contributed by atoms with Gasteiger partial charge in [-0.2, -0.15) is 13.2 Å². The number of amides is 1. The number of benzene rings is 3. The van der Waals surface area contributed by atoms with Crippen molar-refractivity contribution in [3.8, 4) is 16.9 Å². The molecule has 1 unspecified atom stereocenters. The fourth-order valence-corrected chi connectivity index (χ4v) is 4.13. The van der Waals surface area contributed by atoms with E-state index in [9.17, 15) is 31.9 Å². The van der Waals surface area contributed by atoms with Crippen LogP contribution in [0.2, 0.25) is 0 Å². The second kappa shape index (κ2) is 14.8. The third-order valence-corrected chi connectivity index (χ3v) is 6.27. The summed E-state index contributed by atoms with van der Waals surface area (Å²) in [6.45, 7) is 0.933. The second-order valence-electron chi connectivity index (χ2n) is 9.46. The quantitative estimate of drug-likeness (QED) is 0.0845. The molecule has 0 bridgehead atoms. The monoisotopic (exact) mass is 609 g/mol. The highest BCUT2D eigenvalue weighted by molar-refractivity contribution is 5.95. The van der Waals surface area contributed by atoms with Crippen LogP contribution in [0.1, 0.15) is 34.8 Å². The van der Waals surface area contributed by atoms with Gasteiger partial charge in [-0.05, 0) is 53.9 Å². The van der Waals surface area contributed by atoms with Crippen molar-refractivity contribution in [2.24, 2.45) is 0 Å². The third-order valence-electron chi connectivity index (χ3n) is 6.27. The normalized spacial score (nSPS) is 11.7. The number of aromatic nitrogens is 1. The Labute approximate surface area is 250 Å². The van der Waals surface area contributed by atoms with Gasteiger partial charge in [0.25, 0.3) is 5.91 Å². The Morgan fingerprint density at radius 3 is 2.34 bits per heavy atom. The summed E-state index contributed by atoms with van der Waals surface area (Å²) in [4.78, 5) is 40.8. The number of nitrogens with zero attached hydrogens (tertiary/aromatic N) is 1. The van der Waals surface area contributed by atoms with Gasteiger partial charge in [0.2, 0.25) is 0 Å². The van der Waals surface area contributed by atoms with Gasteiger partial charge in [-0.15, -0.1) is 0 Å². The summed E-state index contributed by atoms with van der Waals surface area (Å²) in [7, 11) is 0. The molecule has 0 fully saturated rings. The minimum atomic E-state index is -5.37. The number of hydrogen-bond donors (Lipinski definition) is 2. The van der Waals surface area contributed by atoms with Gasteiger partial charge in [-0.25, -0.2) is 14.2 Å². The van der Waals surface area contributed by atoms with E-state index in [1.54, 1.807) is 30.5 Å². The number of halogens is 4. The van der Waals surface area contributed by atoms with Crippen LogP contribution in [0.4, 0.5) is 23.4 Å². The van der Waals surface area contributed by atoms with Gasteiger partial charge in [0.15, 0.2) is 0 Å². The summed E-state index contributed by atoms with van der Waals surface area (Å²) < 4.78 is 61.9. The second-order valence-corrected chi connectivity index (χ2v) is 9.46. The zero-order chi connectivity index (χ0) is 31.5. The molecule has 1 heterocycles. The van der Waals surface area contributed by atoms with Crippen molar-refractivity contribution in [2.45, 2.75) is 25.1 Å². The standard InChI is InChI=1S/C32H27F4N3O5/c33-26-10-2-1-9-25(26)21-12-14-22(15-13-21)27(20-29(40)44-31(42)32(34,35)36)39-30(41)23-7-5-8-24(19-23)43-18-6-17-38-28-11-3-4-16-37-28/h1-5,7-16,19,27H,6,17-18,20H2,(H,37,38)(H,39,41). The molecular formula is C32H27F4N3O5. The van der Waals surface area contributed by atoms with E-state index in [4.69, 9.17) is 4.74 Å². The predicted octanol–water partition coefficient (Wildman–Crippen LogP) is 6.26. The molecule has 8 nitrogen and oxygen atoms in total. The molecule has 1 amide bonds. The lowest BCUT2D eigenvalue weighted by molar-refractivity contribution is -0.202. The topological polar surface area (TPSA) is 107 Å². The summed E-state index contributed by atoms with van der Waals surface area (Å²) in [6.07, 6.45) is -3.85. The largest absolute Gasteiger partial charge is 0.494 e. The van der Waals surface area contributed by atoms with Gasteiger partial charge < -0.3 is 20.1 Å². The molecule has 0 radical (unpaired) electrons. The molecule has 4 rings (SSSR count). The van der Waals surface area contributed by atoms with Crippen LogP contribution in [-0.4, -0.2) is 42.2 Å². The van der Waals surface area contributed by atoms with E-state index < -0.39 is 42.3 Å². The zero-order valence-corrected chi connectivity index (χ0v) is 23.1. The van der Waals surface area contributed by atoms with E-state index in [1.165, 1.54) is 48.5 Å². The van der Waals surface area contributed by atoms with Crippen molar-refractivity contribution < 1.29 is 41.4 Å². The first-order valence-corrected chi connectivity index (χ1v) is 13.5. The van der Waals surface area contributed by atoms with E-state index >= 15 is 0 Å². The van der Waals surface area contributed by atoms with Gasteiger partial charge in [0, 0.05) is 23.9 Å². The SMILES string of the molecule is O=C(CC(NC(=O)c1cccc(OCCCNc2ccccn2)c1)c1ccc(-c2ccccc2F)cc1)OC(=O)C(F)(F)F. The summed E-state index contributed by atoms with van der Waals surface area (Å²) in [5, 5.41) is 5.76. The van der Waals surface area contributed by atoms with Crippen molar-refractivity contribution in [1.82, 2.24) is 10.3 Å². The van der Waals surface area contributed by atoms with Crippen LogP contribution >= 0.6 is 0 Å². The minimum absolute atomic E-state index is 0.154. The van der Waals surface area contributed by atoms with Crippen LogP contribution in [-0.2, 0) is 14.3 Å². The number of carbonyl (C=O) groups excluding carboxylic acids is 3. The lowest BCUT2D eigenvalue weighted by Gasteiger charge is -2.19. The molecule has 0 aliphatic rings. The lowest BCUT2D eigenvalue weighted by Crippen LogP contribution is -2.33. The van der Waals surface area contributed by atoms with Gasteiger partial charge in [0.1, 0.15) is 17.4 Å². The van der Waals surface area contributed by atoms with Crippen molar-refractivity contribution in [2.75, 3.05) is 18.5 Å². The van der Waals surface area contributed by atoms with E-state index in [-0.39, 0.29) is 5.56 Å². The fourth-order valence-electron chi connectivity index (χ4n) is 4.13. The molecule has 3 aromatic carbocycles. The Morgan fingerprint density at radius 1 is 0.886 bits per heavy atom. The van der Waals surface area contributed by atoms with Crippen LogP contribution in [0, 0.1) is 5.82 Å². The molecule has 12 heteroatoms. The van der Waals surface area contributed by atoms with Gasteiger partial charge in [0.05, 0.1) is 19.1 Å². The molecule has 4 aromatic rings. The predicted molar refractivity (Wildman–Crippen MR) is 153 cm³/mol. The van der Waals surface area contributed by atoms with Gasteiger partial charge in [-0.1, -0.05) is 54.6 Å². The summed E-state index contributed by atoms with van der Waals surface area (Å²) in [6, 6.07) is 22.6. The maximum Gasteiger partial charge on any atom is 0.491 e. The highest BCUT2D eigenvalue weighted by Gasteiger charge is 2.42. The fraction of sp³-hybridized carbons (Fsp3) is 0.188. The van der Waals surface area contributed by atoms with Gasteiger partial charge >= 0.3 is 18.1 Å². The average Bonchev–Trinajstić information content (AvgIpc) is 3.01. The van der Waals surface area contributed by atoms with E-state index in [2.05, 4.69) is 20.4 Å². The van der Waals surface area contributed by atoms with Crippen molar-refractivity contribution >= 4 is 23.7 Å². The molecule has 228 valence electrons. The molecule has 0 saturated heterocycles. The van der Waals surface area contributed by atoms with Crippen LogP contribution in [0.15, 0.2) is 97.2 Å². The number of pyridine rings is 1. The highest BCUT2D eigenvalue weighted by atomic mass is 19.4. The van der Waals surface area contributed by atoms with Crippen LogP contribution in [0.5, 0.6) is 5.75 Å². The summed E-state index contributed by atoms with van der Waals surface area (Å²) >= 11 is 0. The molecule has 0 saturated carbocycles. The van der Waals surface area contributed by atoms with Crippen LogP contribution in [0.3, 0.4) is 0 Å². The molecule has 1 aromatic heterocycles. The third kappa shape index (κ3) is 9.12. The van der Waals surface area contributed by atoms with Crippen LogP contribution in [0.25, 0.3) is 11.1 Å². The number of carbonyl (C=O) groups is 3. The van der Waals surface area contributed by atoms with E-state index in [1.807, 2.05) is 18.2 Å². The molecule has 0 aliphatic carbocycles. The first-order valence-electron chi connectivity index (χ1n) is 13.5. The Kier molecular flexibility index (Phi) is 10.6. The number of ether oxygens (including phenoxy) is 2. The molecular weight excluding hydrogens is 582 g/mol. The Balaban J connectivity index is 1.44. The number of alkyl halides is 3. The number of anilines is 1. The van der Waals surface area contributed by atoms with Crippen molar-refractivity contribution in [3.05, 3.63) is 114 Å². The maximum absolute atomic E-state index is 14.2. The number of esters is 2. The number of rotatable bonds is 12. The zero-order valence-electron chi connectivity index (χ0n) is 23.1. The summed E-state index contributed by atoms with van der Waals surface area (Å²) in [5.41, 5.74) is 1.26.